The summed E-state index contributed by atoms with van der Waals surface area (Å²) in [6, 6.07) is 0.399. The van der Waals surface area contributed by atoms with E-state index in [1.165, 1.54) is 4.90 Å². The van der Waals surface area contributed by atoms with Gasteiger partial charge >= 0.3 is 0 Å². The molecule has 0 radical (unpaired) electrons. The predicted octanol–water partition coefficient (Wildman–Crippen LogP) is -0.262. The maximum absolute atomic E-state index is 12.4. The van der Waals surface area contributed by atoms with Crippen LogP contribution >= 0.6 is 0 Å². The van der Waals surface area contributed by atoms with Gasteiger partial charge in [0.05, 0.1) is 25.7 Å². The second kappa shape index (κ2) is 7.04. The van der Waals surface area contributed by atoms with Crippen molar-refractivity contribution in [1.29, 1.82) is 0 Å². The van der Waals surface area contributed by atoms with E-state index < -0.39 is 0 Å². The van der Waals surface area contributed by atoms with Gasteiger partial charge in [0.15, 0.2) is 0 Å². The Balaban J connectivity index is 1.80. The van der Waals surface area contributed by atoms with Crippen LogP contribution in [0.5, 0.6) is 0 Å². The lowest BCUT2D eigenvalue weighted by Crippen LogP contribution is -2.47. The maximum atomic E-state index is 12.4. The van der Waals surface area contributed by atoms with E-state index in [1.807, 2.05) is 0 Å². The third-order valence-corrected chi connectivity index (χ3v) is 3.75. The smallest absolute Gasteiger partial charge is 0.239 e. The van der Waals surface area contributed by atoms with Gasteiger partial charge in [-0.15, -0.1) is 0 Å². The summed E-state index contributed by atoms with van der Waals surface area (Å²) in [7, 11) is 1.68. The van der Waals surface area contributed by atoms with E-state index in [0.717, 1.165) is 25.8 Å². The lowest BCUT2D eigenvalue weighted by Gasteiger charge is -2.24. The van der Waals surface area contributed by atoms with Gasteiger partial charge in [0.25, 0.3) is 0 Å². The van der Waals surface area contributed by atoms with E-state index in [4.69, 9.17) is 4.74 Å². The van der Waals surface area contributed by atoms with Gasteiger partial charge in [0, 0.05) is 19.1 Å². The van der Waals surface area contributed by atoms with E-state index in [9.17, 15) is 9.59 Å². The number of rotatable bonds is 7. The van der Waals surface area contributed by atoms with Gasteiger partial charge in [0.1, 0.15) is 0 Å². The number of likely N-dealkylation sites (N-methyl/N-ethyl adjacent to an activating group) is 1. The van der Waals surface area contributed by atoms with Gasteiger partial charge in [-0.05, 0) is 25.8 Å². The van der Waals surface area contributed by atoms with Crippen LogP contribution < -0.4 is 10.6 Å². The van der Waals surface area contributed by atoms with Gasteiger partial charge < -0.3 is 20.3 Å². The zero-order valence-corrected chi connectivity index (χ0v) is 12.4. The minimum atomic E-state index is -0.180. The average molecular weight is 283 g/mol. The molecule has 2 amide bonds. The summed E-state index contributed by atoms with van der Waals surface area (Å²) in [6.07, 6.45) is 3.14. The highest BCUT2D eigenvalue weighted by Gasteiger charge is 2.36. The maximum Gasteiger partial charge on any atom is 0.239 e. The van der Waals surface area contributed by atoms with Gasteiger partial charge in [0.2, 0.25) is 11.8 Å². The van der Waals surface area contributed by atoms with Crippen LogP contribution in [0.3, 0.4) is 0 Å². The highest BCUT2D eigenvalue weighted by molar-refractivity contribution is 5.86. The fraction of sp³-hybridized carbons (Fsp3) is 0.857. The second-order valence-electron chi connectivity index (χ2n) is 5.74. The summed E-state index contributed by atoms with van der Waals surface area (Å²) in [5.41, 5.74) is 0. The summed E-state index contributed by atoms with van der Waals surface area (Å²) >= 11 is 0. The number of carbonyl (C=O) groups excluding carboxylic acids is 2. The SMILES string of the molecule is CCCNC1COCC1C(=O)N(C)CC(=O)NC1CC1. The summed E-state index contributed by atoms with van der Waals surface area (Å²) < 4.78 is 5.41. The van der Waals surface area contributed by atoms with Crippen molar-refractivity contribution in [2.75, 3.05) is 33.4 Å². The molecule has 1 saturated carbocycles. The van der Waals surface area contributed by atoms with Crippen LogP contribution in [-0.2, 0) is 14.3 Å². The van der Waals surface area contributed by atoms with Crippen LogP contribution in [0.2, 0.25) is 0 Å². The molecule has 2 aliphatic rings. The van der Waals surface area contributed by atoms with Crippen molar-refractivity contribution >= 4 is 11.8 Å². The van der Waals surface area contributed by atoms with E-state index in [1.54, 1.807) is 7.05 Å². The molecule has 0 aromatic rings. The monoisotopic (exact) mass is 283 g/mol. The summed E-state index contributed by atoms with van der Waals surface area (Å²) in [5, 5.41) is 6.24. The van der Waals surface area contributed by atoms with Crippen LogP contribution in [0.15, 0.2) is 0 Å². The third kappa shape index (κ3) is 4.18. The van der Waals surface area contributed by atoms with Gasteiger partial charge in [-0.2, -0.15) is 0 Å². The molecule has 2 unspecified atom stereocenters. The van der Waals surface area contributed by atoms with Gasteiger partial charge in [-0.25, -0.2) is 0 Å². The molecule has 2 rings (SSSR count). The first-order valence-electron chi connectivity index (χ1n) is 7.47. The highest BCUT2D eigenvalue weighted by atomic mass is 16.5. The molecule has 0 aromatic carbocycles. The molecule has 1 saturated heterocycles. The Bertz CT molecular complexity index is 358. The van der Waals surface area contributed by atoms with Crippen LogP contribution in [0.4, 0.5) is 0 Å². The van der Waals surface area contributed by atoms with Crippen molar-refractivity contribution in [3.05, 3.63) is 0 Å². The van der Waals surface area contributed by atoms with Crippen molar-refractivity contribution in [3.63, 3.8) is 0 Å². The van der Waals surface area contributed by atoms with Crippen molar-refractivity contribution in [2.24, 2.45) is 5.92 Å². The Labute approximate surface area is 120 Å². The molecular formula is C14H25N3O3. The molecule has 1 aliphatic heterocycles. The molecular weight excluding hydrogens is 258 g/mol. The summed E-state index contributed by atoms with van der Waals surface area (Å²) in [5.74, 6) is -0.261. The zero-order valence-electron chi connectivity index (χ0n) is 12.4. The average Bonchev–Trinajstić information content (AvgIpc) is 3.10. The molecule has 6 nitrogen and oxygen atoms in total. The van der Waals surface area contributed by atoms with E-state index in [-0.39, 0.29) is 30.3 Å². The standard InChI is InChI=1S/C14H25N3O3/c1-3-6-15-12-9-20-8-11(12)14(19)17(2)7-13(18)16-10-4-5-10/h10-12,15H,3-9H2,1-2H3,(H,16,18). The molecule has 0 bridgehead atoms. The van der Waals surface area contributed by atoms with Crippen LogP contribution in [0.25, 0.3) is 0 Å². The number of nitrogens with one attached hydrogen (secondary N) is 2. The Morgan fingerprint density at radius 3 is 2.70 bits per heavy atom. The molecule has 1 heterocycles. The first kappa shape index (κ1) is 15.3. The lowest BCUT2D eigenvalue weighted by molar-refractivity contribution is -0.138. The Morgan fingerprint density at radius 2 is 2.05 bits per heavy atom. The highest BCUT2D eigenvalue weighted by Crippen LogP contribution is 2.19. The molecule has 1 aliphatic carbocycles. The Hall–Kier alpha value is -1.14. The van der Waals surface area contributed by atoms with Crippen LogP contribution in [0, 0.1) is 5.92 Å². The van der Waals surface area contributed by atoms with E-state index in [0.29, 0.717) is 19.3 Å². The molecule has 2 N–H and O–H groups in total. The van der Waals surface area contributed by atoms with Crippen molar-refractivity contribution in [2.45, 2.75) is 38.3 Å². The summed E-state index contributed by atoms with van der Waals surface area (Å²) in [6.45, 7) is 4.11. The lowest BCUT2D eigenvalue weighted by atomic mass is 10.0. The number of nitrogens with zero attached hydrogens (tertiary/aromatic N) is 1. The fourth-order valence-electron chi connectivity index (χ4n) is 2.41. The predicted molar refractivity (Wildman–Crippen MR) is 75.2 cm³/mol. The topological polar surface area (TPSA) is 70.7 Å². The Kier molecular flexibility index (Phi) is 5.37. The molecule has 0 spiro atoms. The molecule has 2 atom stereocenters. The second-order valence-corrected chi connectivity index (χ2v) is 5.74. The van der Waals surface area contributed by atoms with Crippen molar-refractivity contribution in [3.8, 4) is 0 Å². The quantitative estimate of drug-likeness (QED) is 0.675. The van der Waals surface area contributed by atoms with Gasteiger partial charge in [-0.3, -0.25) is 9.59 Å². The minimum Gasteiger partial charge on any atom is -0.379 e. The number of carbonyl (C=O) groups is 2. The van der Waals surface area contributed by atoms with Crippen LogP contribution in [-0.4, -0.2) is 62.1 Å². The fourth-order valence-corrected chi connectivity index (χ4v) is 2.41. The summed E-state index contributed by atoms with van der Waals surface area (Å²) in [4.78, 5) is 25.6. The first-order valence-corrected chi connectivity index (χ1v) is 7.47. The van der Waals surface area contributed by atoms with Crippen LogP contribution in [0.1, 0.15) is 26.2 Å². The molecule has 6 heteroatoms. The molecule has 20 heavy (non-hydrogen) atoms. The van der Waals surface area contributed by atoms with E-state index in [2.05, 4.69) is 17.6 Å². The van der Waals surface area contributed by atoms with Crippen molar-refractivity contribution in [1.82, 2.24) is 15.5 Å². The van der Waals surface area contributed by atoms with E-state index >= 15 is 0 Å². The third-order valence-electron chi connectivity index (χ3n) is 3.75. The minimum absolute atomic E-state index is 0.0120. The zero-order chi connectivity index (χ0) is 14.5. The number of hydrogen-bond acceptors (Lipinski definition) is 4. The molecule has 114 valence electrons. The first-order chi connectivity index (χ1) is 9.61. The number of hydrogen-bond donors (Lipinski definition) is 2. The number of ether oxygens (including phenoxy) is 1. The Morgan fingerprint density at radius 1 is 1.30 bits per heavy atom. The van der Waals surface area contributed by atoms with Gasteiger partial charge in [-0.1, -0.05) is 6.92 Å². The molecule has 0 aromatic heterocycles. The molecule has 2 fully saturated rings. The normalized spacial score (nSPS) is 25.5. The largest absolute Gasteiger partial charge is 0.379 e. The van der Waals surface area contributed by atoms with Crippen molar-refractivity contribution < 1.29 is 14.3 Å². The number of amides is 2.